The van der Waals surface area contributed by atoms with Crippen molar-refractivity contribution in [3.05, 3.63) is 107 Å². The van der Waals surface area contributed by atoms with Crippen molar-refractivity contribution in [3.8, 4) is 11.5 Å². The summed E-state index contributed by atoms with van der Waals surface area (Å²) in [5.74, 6) is 0.753. The Hall–Kier alpha value is -4.25. The monoisotopic (exact) mass is 465 g/mol. The third-order valence-corrected chi connectivity index (χ3v) is 5.62. The van der Waals surface area contributed by atoms with Gasteiger partial charge in [0.05, 0.1) is 20.1 Å². The van der Waals surface area contributed by atoms with Gasteiger partial charge in [0.15, 0.2) is 11.6 Å². The van der Waals surface area contributed by atoms with Gasteiger partial charge in [-0.15, -0.1) is 0 Å². The maximum Gasteiger partial charge on any atom is 0.163 e. The molecule has 35 heavy (non-hydrogen) atoms. The molecule has 5 heteroatoms. The number of allylic oxidation sites excluding steroid dienone is 3. The van der Waals surface area contributed by atoms with E-state index in [1.54, 1.807) is 31.5 Å². The average molecular weight is 466 g/mol. The van der Waals surface area contributed by atoms with Crippen LogP contribution in [0.25, 0.3) is 18.2 Å². The predicted molar refractivity (Wildman–Crippen MR) is 138 cm³/mol. The minimum absolute atomic E-state index is 0.184. The van der Waals surface area contributed by atoms with Crippen molar-refractivity contribution in [1.82, 2.24) is 4.98 Å². The van der Waals surface area contributed by atoms with Crippen LogP contribution in [-0.4, -0.2) is 30.3 Å². The summed E-state index contributed by atoms with van der Waals surface area (Å²) in [6, 6.07) is 17.3. The standard InChI is InChI=1S/C30H27NO4/c1-34-30-21-29(35-18-16-26-7-2-3-17-31-26)15-12-24(30)11-14-28(33)20-27(32)13-9-22-8-10-23-5-4-6-25(23)19-22/h2-5,7-15,17,19,21H,6,16,18,20H2,1H3/b13-9+,14-11+. The molecule has 1 aliphatic rings. The number of aromatic nitrogens is 1. The van der Waals surface area contributed by atoms with Gasteiger partial charge in [0.2, 0.25) is 0 Å². The second-order valence-corrected chi connectivity index (χ2v) is 8.16. The molecule has 176 valence electrons. The van der Waals surface area contributed by atoms with Crippen LogP contribution in [0, 0.1) is 0 Å². The molecule has 0 unspecified atom stereocenters. The zero-order chi connectivity index (χ0) is 24.5. The van der Waals surface area contributed by atoms with E-state index >= 15 is 0 Å². The van der Waals surface area contributed by atoms with Crippen LogP contribution < -0.4 is 9.47 Å². The zero-order valence-electron chi connectivity index (χ0n) is 19.6. The van der Waals surface area contributed by atoms with Gasteiger partial charge < -0.3 is 9.47 Å². The molecule has 4 rings (SSSR count). The number of ether oxygens (including phenoxy) is 2. The molecule has 0 radical (unpaired) electrons. The van der Waals surface area contributed by atoms with Crippen LogP contribution in [0.1, 0.15) is 34.4 Å². The van der Waals surface area contributed by atoms with Gasteiger partial charge in [0, 0.05) is 29.9 Å². The summed E-state index contributed by atoms with van der Waals surface area (Å²) >= 11 is 0. The Kier molecular flexibility index (Phi) is 8.02. The van der Waals surface area contributed by atoms with Gasteiger partial charge in [-0.3, -0.25) is 14.6 Å². The topological polar surface area (TPSA) is 65.5 Å². The number of pyridine rings is 1. The highest BCUT2D eigenvalue weighted by Crippen LogP contribution is 2.26. The molecule has 1 heterocycles. The van der Waals surface area contributed by atoms with Crippen LogP contribution >= 0.6 is 0 Å². The molecule has 0 saturated carbocycles. The van der Waals surface area contributed by atoms with Crippen LogP contribution in [0.15, 0.2) is 79.0 Å². The summed E-state index contributed by atoms with van der Waals surface area (Å²) in [7, 11) is 1.56. The number of methoxy groups -OCH3 is 1. The highest BCUT2D eigenvalue weighted by molar-refractivity contribution is 6.11. The highest BCUT2D eigenvalue weighted by Gasteiger charge is 2.08. The van der Waals surface area contributed by atoms with E-state index in [0.29, 0.717) is 24.5 Å². The van der Waals surface area contributed by atoms with E-state index in [2.05, 4.69) is 23.2 Å². The van der Waals surface area contributed by atoms with Gasteiger partial charge in [-0.05, 0) is 65.6 Å². The Morgan fingerprint density at radius 1 is 1.00 bits per heavy atom. The number of hydrogen-bond donors (Lipinski definition) is 0. The summed E-state index contributed by atoms with van der Waals surface area (Å²) in [6.45, 7) is 0.492. The lowest BCUT2D eigenvalue weighted by Gasteiger charge is -2.10. The molecule has 0 saturated heterocycles. The van der Waals surface area contributed by atoms with Crippen LogP contribution in [0.4, 0.5) is 0 Å². The first-order valence-corrected chi connectivity index (χ1v) is 11.5. The van der Waals surface area contributed by atoms with Crippen molar-refractivity contribution in [2.24, 2.45) is 0 Å². The van der Waals surface area contributed by atoms with E-state index in [0.717, 1.165) is 23.2 Å². The lowest BCUT2D eigenvalue weighted by Crippen LogP contribution is -2.03. The van der Waals surface area contributed by atoms with E-state index in [-0.39, 0.29) is 18.0 Å². The number of rotatable bonds is 11. The van der Waals surface area contributed by atoms with Gasteiger partial charge in [-0.1, -0.05) is 42.5 Å². The number of fused-ring (bicyclic) bond motifs is 1. The first kappa shape index (κ1) is 23.9. The van der Waals surface area contributed by atoms with E-state index < -0.39 is 0 Å². The molecule has 0 N–H and O–H groups in total. The summed E-state index contributed by atoms with van der Waals surface area (Å²) in [4.78, 5) is 28.8. The minimum Gasteiger partial charge on any atom is -0.496 e. The largest absolute Gasteiger partial charge is 0.496 e. The maximum atomic E-state index is 12.3. The second kappa shape index (κ2) is 11.7. The fourth-order valence-electron chi connectivity index (χ4n) is 3.78. The van der Waals surface area contributed by atoms with Gasteiger partial charge in [-0.2, -0.15) is 0 Å². The van der Waals surface area contributed by atoms with Crippen molar-refractivity contribution < 1.29 is 19.1 Å². The quantitative estimate of drug-likeness (QED) is 0.275. The molecule has 1 aliphatic carbocycles. The number of ketones is 2. The Bertz CT molecular complexity index is 1290. The number of benzene rings is 2. The first-order valence-electron chi connectivity index (χ1n) is 11.5. The Labute approximate surface area is 205 Å². The van der Waals surface area contributed by atoms with Crippen molar-refractivity contribution in [3.63, 3.8) is 0 Å². The highest BCUT2D eigenvalue weighted by atomic mass is 16.5. The SMILES string of the molecule is COc1cc(OCCc2ccccn2)ccc1/C=C/C(=O)CC(=O)/C=C/c1ccc2c(c1)CC=C2. The van der Waals surface area contributed by atoms with Crippen LogP contribution in [-0.2, 0) is 22.4 Å². The van der Waals surface area contributed by atoms with Gasteiger partial charge in [-0.25, -0.2) is 0 Å². The zero-order valence-corrected chi connectivity index (χ0v) is 19.6. The number of carbonyl (C=O) groups is 2. The number of carbonyl (C=O) groups excluding carboxylic acids is 2. The summed E-state index contributed by atoms with van der Waals surface area (Å²) in [5, 5.41) is 0. The molecule has 1 aromatic heterocycles. The molecule has 5 nitrogen and oxygen atoms in total. The van der Waals surface area contributed by atoms with Crippen LogP contribution in [0.2, 0.25) is 0 Å². The number of nitrogens with zero attached hydrogens (tertiary/aromatic N) is 1. The molecule has 0 fully saturated rings. The normalized spacial score (nSPS) is 12.3. The Morgan fingerprint density at radius 2 is 1.86 bits per heavy atom. The Morgan fingerprint density at radius 3 is 2.66 bits per heavy atom. The predicted octanol–water partition coefficient (Wildman–Crippen LogP) is 5.54. The summed E-state index contributed by atoms with van der Waals surface area (Å²) in [5.41, 5.74) is 5.11. The maximum absolute atomic E-state index is 12.3. The van der Waals surface area contributed by atoms with Gasteiger partial charge in [0.25, 0.3) is 0 Å². The van der Waals surface area contributed by atoms with E-state index in [9.17, 15) is 9.59 Å². The smallest absolute Gasteiger partial charge is 0.163 e. The summed E-state index contributed by atoms with van der Waals surface area (Å²) in [6.07, 6.45) is 13.7. The fraction of sp³-hybridized carbons (Fsp3) is 0.167. The number of hydrogen-bond acceptors (Lipinski definition) is 5. The molecule has 2 aromatic carbocycles. The third kappa shape index (κ3) is 6.87. The lowest BCUT2D eigenvalue weighted by atomic mass is 10.0. The van der Waals surface area contributed by atoms with Crippen LogP contribution in [0.3, 0.4) is 0 Å². The molecule has 0 spiro atoms. The average Bonchev–Trinajstić information content (AvgIpc) is 3.35. The van der Waals surface area contributed by atoms with Crippen molar-refractivity contribution in [2.45, 2.75) is 19.3 Å². The molecule has 0 bridgehead atoms. The fourth-order valence-corrected chi connectivity index (χ4v) is 3.78. The van der Waals surface area contributed by atoms with Crippen molar-refractivity contribution >= 4 is 29.8 Å². The van der Waals surface area contributed by atoms with Crippen molar-refractivity contribution in [2.75, 3.05) is 13.7 Å². The van der Waals surface area contributed by atoms with E-state index in [1.807, 2.05) is 42.5 Å². The van der Waals surface area contributed by atoms with Crippen LogP contribution in [0.5, 0.6) is 11.5 Å². The lowest BCUT2D eigenvalue weighted by molar-refractivity contribution is -0.121. The third-order valence-electron chi connectivity index (χ3n) is 5.62. The van der Waals surface area contributed by atoms with Gasteiger partial charge in [0.1, 0.15) is 11.5 Å². The molecule has 0 amide bonds. The molecule has 0 aliphatic heterocycles. The first-order chi connectivity index (χ1) is 17.1. The van der Waals surface area contributed by atoms with E-state index in [4.69, 9.17) is 9.47 Å². The molecule has 0 atom stereocenters. The van der Waals surface area contributed by atoms with Gasteiger partial charge >= 0.3 is 0 Å². The molecular weight excluding hydrogens is 438 g/mol. The van der Waals surface area contributed by atoms with E-state index in [1.165, 1.54) is 23.3 Å². The molecular formula is C30H27NO4. The second-order valence-electron chi connectivity index (χ2n) is 8.16. The summed E-state index contributed by atoms with van der Waals surface area (Å²) < 4.78 is 11.3. The van der Waals surface area contributed by atoms with Crippen molar-refractivity contribution in [1.29, 1.82) is 0 Å². The molecule has 3 aromatic rings. The minimum atomic E-state index is -0.268. The Balaban J connectivity index is 1.29.